The molecular weight excluding hydrogens is 621 g/mol. The molecular formula is C41H38O4S2+2. The molecule has 0 fully saturated rings. The van der Waals surface area contributed by atoms with Crippen LogP contribution in [0.5, 0.6) is 0 Å². The van der Waals surface area contributed by atoms with E-state index in [1.54, 1.807) is 13.8 Å². The third-order valence-electron chi connectivity index (χ3n) is 7.93. The normalized spacial score (nSPS) is 12.5. The van der Waals surface area contributed by atoms with Gasteiger partial charge in [0.2, 0.25) is 0 Å². The lowest BCUT2D eigenvalue weighted by Gasteiger charge is -2.35. The van der Waals surface area contributed by atoms with Crippen LogP contribution in [-0.4, -0.2) is 21.5 Å². The summed E-state index contributed by atoms with van der Waals surface area (Å²) in [6.45, 7) is 3.43. The lowest BCUT2D eigenvalue weighted by molar-refractivity contribution is 0.360. The summed E-state index contributed by atoms with van der Waals surface area (Å²) in [4.78, 5) is 29.7. The third-order valence-corrected chi connectivity index (χ3v) is 14.4. The van der Waals surface area contributed by atoms with Gasteiger partial charge in [-0.25, -0.2) is 0 Å². The van der Waals surface area contributed by atoms with Crippen LogP contribution in [0.2, 0.25) is 0 Å². The summed E-state index contributed by atoms with van der Waals surface area (Å²) in [7, 11) is -5.02. The van der Waals surface area contributed by atoms with Gasteiger partial charge in [0.1, 0.15) is 0 Å². The molecule has 6 aromatic rings. The average molecular weight is 659 g/mol. The SMILES string of the molecule is CC(C)(C(=[OH+])OS(c1ccccc1)(c1ccccc1)c1ccccc1)C(=[OH+])OS(c1ccccc1)(c1ccccc1)c1ccccc1. The molecule has 0 radical (unpaired) electrons. The number of rotatable bonds is 10. The number of benzene rings is 6. The van der Waals surface area contributed by atoms with E-state index in [1.807, 2.05) is 182 Å². The van der Waals surface area contributed by atoms with Gasteiger partial charge in [-0.3, -0.25) is 8.37 Å². The maximum atomic E-state index is 12.1. The number of carbonyl (C=O) groups excluding carboxylic acids is 2. The first-order valence-electron chi connectivity index (χ1n) is 15.4. The van der Waals surface area contributed by atoms with Gasteiger partial charge in [0.25, 0.3) is 5.41 Å². The highest BCUT2D eigenvalue weighted by Crippen LogP contribution is 2.71. The minimum Gasteiger partial charge on any atom is -0.337 e. The molecule has 47 heavy (non-hydrogen) atoms. The van der Waals surface area contributed by atoms with Crippen molar-refractivity contribution in [3.8, 4) is 0 Å². The summed E-state index contributed by atoms with van der Waals surface area (Å²) in [6, 6.07) is 59.6. The molecule has 4 nitrogen and oxygen atoms in total. The first-order chi connectivity index (χ1) is 22.9. The second-order valence-corrected chi connectivity index (χ2v) is 16.8. The first-order valence-corrected chi connectivity index (χ1v) is 18.5. The molecule has 0 atom stereocenters. The molecule has 0 aliphatic heterocycles. The van der Waals surface area contributed by atoms with Crippen molar-refractivity contribution in [1.82, 2.24) is 0 Å². The van der Waals surface area contributed by atoms with Crippen LogP contribution in [0.15, 0.2) is 211 Å². The molecule has 6 rings (SSSR count). The van der Waals surface area contributed by atoms with E-state index in [0.29, 0.717) is 0 Å². The van der Waals surface area contributed by atoms with Crippen LogP contribution in [0.25, 0.3) is 0 Å². The first kappa shape index (κ1) is 31.9. The Kier molecular flexibility index (Phi) is 9.34. The molecule has 6 heteroatoms. The maximum Gasteiger partial charge on any atom is 0.519 e. The summed E-state index contributed by atoms with van der Waals surface area (Å²) in [6.07, 6.45) is 0. The maximum absolute atomic E-state index is 12.1. The van der Waals surface area contributed by atoms with Gasteiger partial charge in [-0.2, -0.15) is 0 Å². The zero-order chi connectivity index (χ0) is 32.7. The van der Waals surface area contributed by atoms with Gasteiger partial charge in [-0.15, -0.1) is 0 Å². The Morgan fingerprint density at radius 3 is 0.702 bits per heavy atom. The predicted octanol–water partition coefficient (Wildman–Crippen LogP) is 10.8. The highest BCUT2D eigenvalue weighted by molar-refractivity contribution is 8.30. The fraction of sp³-hybridized carbons (Fsp3) is 0.0732. The van der Waals surface area contributed by atoms with Crippen molar-refractivity contribution in [2.45, 2.75) is 43.2 Å². The van der Waals surface area contributed by atoms with Crippen LogP contribution in [0.1, 0.15) is 13.8 Å². The van der Waals surface area contributed by atoms with Crippen LogP contribution < -0.4 is 0 Å². The molecule has 236 valence electrons. The monoisotopic (exact) mass is 658 g/mol. The van der Waals surface area contributed by atoms with Crippen LogP contribution >= 0.6 is 20.6 Å². The van der Waals surface area contributed by atoms with Gasteiger partial charge >= 0.3 is 11.9 Å². The highest BCUT2D eigenvalue weighted by atomic mass is 32.3. The Labute approximate surface area is 280 Å². The fourth-order valence-electron chi connectivity index (χ4n) is 5.31. The topological polar surface area (TPSA) is 61.3 Å². The van der Waals surface area contributed by atoms with E-state index in [4.69, 9.17) is 8.37 Å². The zero-order valence-corrected chi connectivity index (χ0v) is 28.0. The van der Waals surface area contributed by atoms with Crippen LogP contribution in [0.3, 0.4) is 0 Å². The van der Waals surface area contributed by atoms with Crippen molar-refractivity contribution in [3.05, 3.63) is 182 Å². The lowest BCUT2D eigenvalue weighted by atomic mass is 9.95. The van der Waals surface area contributed by atoms with Crippen LogP contribution in [-0.2, 0) is 8.37 Å². The Balaban J connectivity index is 1.47. The summed E-state index contributed by atoms with van der Waals surface area (Å²) in [5, 5.41) is 0. The van der Waals surface area contributed by atoms with Gasteiger partial charge in [0.15, 0.2) is 0 Å². The van der Waals surface area contributed by atoms with Crippen molar-refractivity contribution in [1.29, 1.82) is 0 Å². The average Bonchev–Trinajstić information content (AvgIpc) is 3.14. The van der Waals surface area contributed by atoms with Gasteiger partial charge < -0.3 is 9.59 Å². The summed E-state index contributed by atoms with van der Waals surface area (Å²) >= 11 is 0. The van der Waals surface area contributed by atoms with E-state index in [1.165, 1.54) is 0 Å². The van der Waals surface area contributed by atoms with Crippen LogP contribution in [0.4, 0.5) is 0 Å². The Morgan fingerprint density at radius 2 is 0.532 bits per heavy atom. The third kappa shape index (κ3) is 6.10. The number of hydrogen-bond acceptors (Lipinski definition) is 2. The lowest BCUT2D eigenvalue weighted by Crippen LogP contribution is -2.38. The molecule has 0 saturated heterocycles. The predicted molar refractivity (Wildman–Crippen MR) is 193 cm³/mol. The summed E-state index contributed by atoms with van der Waals surface area (Å²) in [5.41, 5.74) is -1.45. The molecule has 0 aromatic heterocycles. The standard InChI is InChI=1S/C41H36O4S2/c1-41(2,39(42)44-46(33-21-9-3-10-22-33,34-23-11-4-12-24-34)35-25-13-5-14-26-35)40(43)45-47(36-27-15-6-16-28-36,37-29-17-7-18-30-37)38-31-19-8-20-32-38/h3-32H,1-2H3/p+2. The number of hydrogen-bond donors (Lipinski definition) is 0. The van der Waals surface area contributed by atoms with E-state index < -0.39 is 26.0 Å². The largest absolute Gasteiger partial charge is 0.519 e. The molecule has 0 heterocycles. The molecule has 0 aliphatic rings. The van der Waals surface area contributed by atoms with Crippen molar-refractivity contribution in [3.63, 3.8) is 0 Å². The molecule has 2 N–H and O–H groups in total. The smallest absolute Gasteiger partial charge is 0.337 e. The molecule has 0 unspecified atom stereocenters. The van der Waals surface area contributed by atoms with Gasteiger partial charge in [0, 0.05) is 0 Å². The van der Waals surface area contributed by atoms with E-state index in [2.05, 4.69) is 0 Å². The Bertz CT molecular complexity index is 1580. The molecule has 0 saturated carbocycles. The minimum atomic E-state index is -2.51. The quantitative estimate of drug-likeness (QED) is 0.109. The molecule has 0 amide bonds. The van der Waals surface area contributed by atoms with Crippen molar-refractivity contribution >= 4 is 32.6 Å². The molecule has 0 bridgehead atoms. The van der Waals surface area contributed by atoms with Crippen molar-refractivity contribution in [2.75, 3.05) is 0 Å². The van der Waals surface area contributed by atoms with E-state index >= 15 is 0 Å². The van der Waals surface area contributed by atoms with Crippen molar-refractivity contribution < 1.29 is 18.0 Å². The van der Waals surface area contributed by atoms with E-state index in [0.717, 1.165) is 29.4 Å². The van der Waals surface area contributed by atoms with E-state index in [9.17, 15) is 9.59 Å². The molecule has 6 aromatic carbocycles. The molecule has 0 aliphatic carbocycles. The molecule has 0 spiro atoms. The van der Waals surface area contributed by atoms with E-state index in [-0.39, 0.29) is 11.9 Å². The second kappa shape index (κ2) is 13.8. The zero-order valence-electron chi connectivity index (χ0n) is 26.3. The second-order valence-electron chi connectivity index (χ2n) is 11.4. The minimum absolute atomic E-state index is 0.357. The van der Waals surface area contributed by atoms with Crippen molar-refractivity contribution in [2.24, 2.45) is 5.41 Å². The Hall–Kier alpha value is -5.04. The van der Waals surface area contributed by atoms with Gasteiger partial charge in [0.05, 0.1) is 50.0 Å². The van der Waals surface area contributed by atoms with Gasteiger partial charge in [-0.1, -0.05) is 109 Å². The van der Waals surface area contributed by atoms with Crippen LogP contribution in [0, 0.1) is 5.41 Å². The Morgan fingerprint density at radius 1 is 0.362 bits per heavy atom. The summed E-state index contributed by atoms with van der Waals surface area (Å²) < 4.78 is 13.8. The fourth-order valence-corrected chi connectivity index (χ4v) is 11.7. The highest BCUT2D eigenvalue weighted by Gasteiger charge is 2.59. The summed E-state index contributed by atoms with van der Waals surface area (Å²) in [5.74, 6) is -0.715. The van der Waals surface area contributed by atoms with Gasteiger partial charge in [-0.05, 0) is 86.6 Å².